The van der Waals surface area contributed by atoms with Crippen LogP contribution in [0.2, 0.25) is 5.02 Å². The maximum absolute atomic E-state index is 12.6. The van der Waals surface area contributed by atoms with Crippen LogP contribution in [0.4, 0.5) is 0 Å². The van der Waals surface area contributed by atoms with Crippen molar-refractivity contribution in [3.05, 3.63) is 58.4 Å². The first-order chi connectivity index (χ1) is 14.5. The highest BCUT2D eigenvalue weighted by molar-refractivity contribution is 6.30. The van der Waals surface area contributed by atoms with Crippen molar-refractivity contribution in [2.45, 2.75) is 45.8 Å². The molecule has 0 saturated carbocycles. The van der Waals surface area contributed by atoms with E-state index in [-0.39, 0.29) is 11.8 Å². The zero-order chi connectivity index (χ0) is 21.1. The number of aromatic amines is 1. The zero-order valence-corrected chi connectivity index (χ0v) is 17.9. The monoisotopic (exact) mass is 428 g/mol. The number of amides is 1. The molecule has 1 aliphatic heterocycles. The summed E-state index contributed by atoms with van der Waals surface area (Å²) in [4.78, 5) is 18.8. The lowest BCUT2D eigenvalue weighted by Gasteiger charge is -2.16. The van der Waals surface area contributed by atoms with Gasteiger partial charge >= 0.3 is 0 Å². The van der Waals surface area contributed by atoms with E-state index in [0.29, 0.717) is 36.9 Å². The summed E-state index contributed by atoms with van der Waals surface area (Å²) >= 11 is 5.98. The predicted molar refractivity (Wildman–Crippen MR) is 112 cm³/mol. The van der Waals surface area contributed by atoms with E-state index in [1.807, 2.05) is 43.0 Å². The zero-order valence-electron chi connectivity index (χ0n) is 17.1. The highest BCUT2D eigenvalue weighted by atomic mass is 35.5. The van der Waals surface area contributed by atoms with Gasteiger partial charge in [-0.1, -0.05) is 17.7 Å². The Balaban J connectivity index is 1.28. The topological polar surface area (TPSA) is 88.9 Å². The molecule has 1 fully saturated rings. The van der Waals surface area contributed by atoms with Crippen LogP contribution in [0, 0.1) is 13.8 Å². The lowest BCUT2D eigenvalue weighted by atomic mass is 10.1. The Morgan fingerprint density at radius 3 is 2.97 bits per heavy atom. The number of halogens is 1. The molecule has 158 valence electrons. The molecule has 2 aromatic heterocycles. The number of rotatable bonds is 7. The van der Waals surface area contributed by atoms with Crippen molar-refractivity contribution in [1.29, 1.82) is 0 Å². The van der Waals surface area contributed by atoms with Crippen molar-refractivity contribution >= 4 is 17.5 Å². The number of likely N-dealkylation sites (tertiary alicyclic amines) is 1. The van der Waals surface area contributed by atoms with Crippen LogP contribution in [-0.4, -0.2) is 48.9 Å². The predicted octanol–water partition coefficient (Wildman–Crippen LogP) is 3.26. The van der Waals surface area contributed by atoms with Gasteiger partial charge in [0, 0.05) is 30.5 Å². The number of aromatic nitrogens is 5. The standard InChI is InChI=1S/C21H25ClN6O2/c1-14-23-15(2)28(26-14)9-7-21(29)27-8-6-16(12-27)20-11-18(24-25-20)13-30-19-5-3-4-17(22)10-19/h3-5,10-11,16H,6-9,12-13H2,1-2H3,(H,24,25)/t16-/m0/s1. The van der Waals surface area contributed by atoms with Crippen molar-refractivity contribution in [2.75, 3.05) is 13.1 Å². The van der Waals surface area contributed by atoms with Crippen LogP contribution in [0.5, 0.6) is 5.75 Å². The summed E-state index contributed by atoms with van der Waals surface area (Å²) in [7, 11) is 0. The van der Waals surface area contributed by atoms with E-state index in [1.54, 1.807) is 10.7 Å². The second kappa shape index (κ2) is 8.87. The molecule has 3 heterocycles. The largest absolute Gasteiger partial charge is 0.487 e. The van der Waals surface area contributed by atoms with Gasteiger partial charge < -0.3 is 9.64 Å². The fraction of sp³-hybridized carbons (Fsp3) is 0.429. The average molecular weight is 429 g/mol. The minimum Gasteiger partial charge on any atom is -0.487 e. The molecule has 30 heavy (non-hydrogen) atoms. The Kier molecular flexibility index (Phi) is 6.03. The smallest absolute Gasteiger partial charge is 0.224 e. The fourth-order valence-corrected chi connectivity index (χ4v) is 3.92. The number of H-pyrrole nitrogens is 1. The van der Waals surface area contributed by atoms with Gasteiger partial charge in [0.05, 0.1) is 17.9 Å². The van der Waals surface area contributed by atoms with Gasteiger partial charge in [-0.15, -0.1) is 0 Å². The Hall–Kier alpha value is -2.87. The molecule has 0 aliphatic carbocycles. The number of hydrogen-bond donors (Lipinski definition) is 1. The quantitative estimate of drug-likeness (QED) is 0.624. The third kappa shape index (κ3) is 4.81. The highest BCUT2D eigenvalue weighted by Crippen LogP contribution is 2.27. The van der Waals surface area contributed by atoms with E-state index in [4.69, 9.17) is 16.3 Å². The molecule has 1 aliphatic rings. The molecular weight excluding hydrogens is 404 g/mol. The van der Waals surface area contributed by atoms with Crippen LogP contribution in [0.1, 0.15) is 41.8 Å². The molecule has 3 aromatic rings. The van der Waals surface area contributed by atoms with Crippen LogP contribution in [0.3, 0.4) is 0 Å². The summed E-state index contributed by atoms with van der Waals surface area (Å²) in [5, 5.41) is 12.4. The van der Waals surface area contributed by atoms with Crippen LogP contribution in [0.15, 0.2) is 30.3 Å². The van der Waals surface area contributed by atoms with Crippen LogP contribution >= 0.6 is 11.6 Å². The molecule has 0 spiro atoms. The van der Waals surface area contributed by atoms with E-state index < -0.39 is 0 Å². The number of ether oxygens (including phenoxy) is 1. The normalized spacial score (nSPS) is 16.2. The van der Waals surface area contributed by atoms with Crippen molar-refractivity contribution < 1.29 is 9.53 Å². The van der Waals surface area contributed by atoms with Crippen LogP contribution in [-0.2, 0) is 17.9 Å². The van der Waals surface area contributed by atoms with E-state index in [2.05, 4.69) is 20.3 Å². The summed E-state index contributed by atoms with van der Waals surface area (Å²) in [5.41, 5.74) is 1.87. The van der Waals surface area contributed by atoms with Gasteiger partial charge in [-0.25, -0.2) is 9.67 Å². The summed E-state index contributed by atoms with van der Waals surface area (Å²) in [5.74, 6) is 2.66. The van der Waals surface area contributed by atoms with Gasteiger partial charge in [0.2, 0.25) is 5.91 Å². The van der Waals surface area contributed by atoms with E-state index in [1.165, 1.54) is 0 Å². The maximum atomic E-state index is 12.6. The Morgan fingerprint density at radius 1 is 1.33 bits per heavy atom. The average Bonchev–Trinajstić information content (AvgIpc) is 3.44. The van der Waals surface area contributed by atoms with E-state index in [9.17, 15) is 4.79 Å². The number of hydrogen-bond acceptors (Lipinski definition) is 5. The molecule has 8 nitrogen and oxygen atoms in total. The Bertz CT molecular complexity index is 1030. The molecule has 1 N–H and O–H groups in total. The van der Waals surface area contributed by atoms with Gasteiger partial charge in [0.25, 0.3) is 0 Å². The summed E-state index contributed by atoms with van der Waals surface area (Å²) in [6.45, 7) is 6.14. The van der Waals surface area contributed by atoms with Gasteiger partial charge in [-0.05, 0) is 44.5 Å². The second-order valence-electron chi connectivity index (χ2n) is 7.57. The molecule has 1 amide bonds. The lowest BCUT2D eigenvalue weighted by Crippen LogP contribution is -2.29. The van der Waals surface area contributed by atoms with Gasteiger partial charge in [0.1, 0.15) is 24.0 Å². The molecule has 9 heteroatoms. The van der Waals surface area contributed by atoms with Crippen LogP contribution < -0.4 is 4.74 Å². The number of carbonyl (C=O) groups excluding carboxylic acids is 1. The number of benzene rings is 1. The number of nitrogens with one attached hydrogen (secondary N) is 1. The first kappa shape index (κ1) is 20.4. The summed E-state index contributed by atoms with van der Waals surface area (Å²) < 4.78 is 7.55. The first-order valence-electron chi connectivity index (χ1n) is 10.1. The maximum Gasteiger partial charge on any atom is 0.224 e. The van der Waals surface area contributed by atoms with Crippen molar-refractivity contribution in [1.82, 2.24) is 29.9 Å². The third-order valence-electron chi connectivity index (χ3n) is 5.30. The minimum absolute atomic E-state index is 0.144. The molecule has 1 saturated heterocycles. The summed E-state index contributed by atoms with van der Waals surface area (Å²) in [6, 6.07) is 9.33. The molecule has 0 radical (unpaired) electrons. The van der Waals surface area contributed by atoms with Crippen molar-refractivity contribution in [3.63, 3.8) is 0 Å². The number of aryl methyl sites for hydroxylation is 3. The molecule has 1 aromatic carbocycles. The molecule has 0 bridgehead atoms. The van der Waals surface area contributed by atoms with Gasteiger partial charge in [-0.2, -0.15) is 10.2 Å². The second-order valence-corrected chi connectivity index (χ2v) is 8.01. The van der Waals surface area contributed by atoms with Crippen molar-refractivity contribution in [2.24, 2.45) is 0 Å². The number of carbonyl (C=O) groups is 1. The molecule has 4 rings (SSSR count). The van der Waals surface area contributed by atoms with Gasteiger partial charge in [-0.3, -0.25) is 9.89 Å². The summed E-state index contributed by atoms with van der Waals surface area (Å²) in [6.07, 6.45) is 1.34. The first-order valence-corrected chi connectivity index (χ1v) is 10.4. The highest BCUT2D eigenvalue weighted by Gasteiger charge is 2.28. The van der Waals surface area contributed by atoms with Crippen molar-refractivity contribution in [3.8, 4) is 5.75 Å². The lowest BCUT2D eigenvalue weighted by molar-refractivity contribution is -0.130. The fourth-order valence-electron chi connectivity index (χ4n) is 3.74. The molecular formula is C21H25ClN6O2. The Labute approximate surface area is 180 Å². The number of nitrogens with zero attached hydrogens (tertiary/aromatic N) is 5. The van der Waals surface area contributed by atoms with Crippen LogP contribution in [0.25, 0.3) is 0 Å². The Morgan fingerprint density at radius 2 is 2.20 bits per heavy atom. The minimum atomic E-state index is 0.144. The molecule has 1 atom stereocenters. The van der Waals surface area contributed by atoms with E-state index >= 15 is 0 Å². The van der Waals surface area contributed by atoms with Gasteiger partial charge in [0.15, 0.2) is 0 Å². The van der Waals surface area contributed by atoms with E-state index in [0.717, 1.165) is 36.0 Å². The third-order valence-corrected chi connectivity index (χ3v) is 5.54. The SMILES string of the molecule is Cc1nc(C)n(CCC(=O)N2CC[C@H](c3cc(COc4cccc(Cl)c4)[nH]n3)C2)n1. The molecule has 0 unspecified atom stereocenters.